The maximum atomic E-state index is 13.6. The molecule has 9 rings (SSSR count). The zero-order chi connectivity index (χ0) is 76.9. The number of carbonyl (C=O) groups is 12. The van der Waals surface area contributed by atoms with Gasteiger partial charge in [-0.25, -0.2) is 19.2 Å². The van der Waals surface area contributed by atoms with Gasteiger partial charge in [0, 0.05) is 148 Å². The Hall–Kier alpha value is -5.92. The standard InChI is InChI=1S/C72H120N16O16S4/c89-57(25-5-1-21-53-61-45(41-105-53)77-69(101)81-61)73-29-13-9-17-49(65(93)94)85-33-35-86(50(66(95)96)18-10-14-30-74-58(90)26-6-2-22-54-62-46(42-106-54)78-70(102)82-62)37-39-88(52(68(99)100)20-12-16-32-76-60(92)28-8-4-24-56-64-48(44-108-56)80-72(104)84-64)40-38-87(36-34-85)51(67(97)98)19-11-15-31-75-59(91)27-7-3-23-55-63-47(43-107-55)79-71(103)83-63/h45-56,61-64H,1-44H2,(H,73,89)(H,74,90)(H,75,91)(H,76,92)(H,93,94)(H,95,96)(H,97,98)(H,99,100)(H2,77,81,101)(H2,78,82,102)(H2,79,83,103)(H2,80,84,104). The maximum Gasteiger partial charge on any atom is 0.320 e. The minimum Gasteiger partial charge on any atom is -0.480 e. The van der Waals surface area contributed by atoms with Crippen LogP contribution in [0.5, 0.6) is 0 Å². The molecule has 9 saturated heterocycles. The highest BCUT2D eigenvalue weighted by molar-refractivity contribution is 8.01. The summed E-state index contributed by atoms with van der Waals surface area (Å²) in [5.41, 5.74) is 0. The third kappa shape index (κ3) is 27.2. The van der Waals surface area contributed by atoms with Crippen LogP contribution >= 0.6 is 47.0 Å². The Balaban J connectivity index is 0.822. The molecule has 0 bridgehead atoms. The minimum absolute atomic E-state index is 0.0524. The molecule has 9 fully saturated rings. The molecule has 36 heteroatoms. The van der Waals surface area contributed by atoms with Crippen LogP contribution in [0.4, 0.5) is 19.2 Å². The van der Waals surface area contributed by atoms with E-state index in [1.807, 2.05) is 47.0 Å². The summed E-state index contributed by atoms with van der Waals surface area (Å²) < 4.78 is 0. The lowest BCUT2D eigenvalue weighted by atomic mass is 10.0. The van der Waals surface area contributed by atoms with Gasteiger partial charge in [-0.15, -0.1) is 0 Å². The van der Waals surface area contributed by atoms with Crippen molar-refractivity contribution < 1.29 is 78.0 Å². The van der Waals surface area contributed by atoms with Gasteiger partial charge in [0.1, 0.15) is 24.2 Å². The number of urea groups is 4. The first kappa shape index (κ1) is 86.1. The average molecular weight is 1590 g/mol. The van der Waals surface area contributed by atoms with Gasteiger partial charge in [0.25, 0.3) is 0 Å². The number of rotatable bonds is 48. The number of carbonyl (C=O) groups excluding carboxylic acids is 8. The van der Waals surface area contributed by atoms with Crippen LogP contribution in [0.15, 0.2) is 0 Å². The molecule has 9 aliphatic heterocycles. The summed E-state index contributed by atoms with van der Waals surface area (Å²) in [7, 11) is 0. The molecule has 16 unspecified atom stereocenters. The van der Waals surface area contributed by atoms with Crippen molar-refractivity contribution in [1.29, 1.82) is 0 Å². The van der Waals surface area contributed by atoms with Crippen molar-refractivity contribution >= 4 is 119 Å². The Labute approximate surface area is 651 Å². The van der Waals surface area contributed by atoms with Crippen molar-refractivity contribution in [3.8, 4) is 0 Å². The monoisotopic (exact) mass is 1590 g/mol. The molecular formula is C72H120N16O16S4. The third-order valence-electron chi connectivity index (χ3n) is 22.8. The molecule has 0 spiro atoms. The smallest absolute Gasteiger partial charge is 0.320 e. The number of hydrogen-bond acceptors (Lipinski definition) is 20. The molecule has 12 amide bonds. The molecule has 0 aliphatic carbocycles. The Morgan fingerprint density at radius 1 is 0.306 bits per heavy atom. The van der Waals surface area contributed by atoms with E-state index in [0.717, 1.165) is 74.4 Å². The van der Waals surface area contributed by atoms with Gasteiger partial charge in [0.15, 0.2) is 0 Å². The second-order valence-electron chi connectivity index (χ2n) is 30.4. The van der Waals surface area contributed by atoms with Gasteiger partial charge in [-0.1, -0.05) is 25.7 Å². The number of aliphatic carboxylic acids is 4. The van der Waals surface area contributed by atoms with Crippen molar-refractivity contribution in [2.45, 2.75) is 273 Å². The van der Waals surface area contributed by atoms with Gasteiger partial charge >= 0.3 is 48.0 Å². The normalized spacial score (nSPS) is 27.6. The average Bonchev–Trinajstić information content (AvgIpc) is 1.60. The highest BCUT2D eigenvalue weighted by atomic mass is 32.2. The zero-order valence-electron chi connectivity index (χ0n) is 62.5. The summed E-state index contributed by atoms with van der Waals surface area (Å²) in [5.74, 6) is -1.51. The lowest BCUT2D eigenvalue weighted by Crippen LogP contribution is -2.56. The van der Waals surface area contributed by atoms with Crippen LogP contribution in [-0.2, 0) is 38.4 Å². The van der Waals surface area contributed by atoms with Gasteiger partial charge in [0.2, 0.25) is 23.6 Å². The van der Waals surface area contributed by atoms with Crippen molar-refractivity contribution in [2.24, 2.45) is 0 Å². The fraction of sp³-hybridized carbons (Fsp3) is 0.833. The van der Waals surface area contributed by atoms with Gasteiger partial charge in [-0.2, -0.15) is 47.0 Å². The fourth-order valence-electron chi connectivity index (χ4n) is 16.8. The summed E-state index contributed by atoms with van der Waals surface area (Å²) in [6.07, 6.45) is 14.9. The van der Waals surface area contributed by atoms with E-state index in [2.05, 4.69) is 63.8 Å². The van der Waals surface area contributed by atoms with Gasteiger partial charge in [-0.05, 0) is 128 Å². The predicted molar refractivity (Wildman–Crippen MR) is 415 cm³/mol. The number of nitrogens with one attached hydrogen (secondary N) is 12. The highest BCUT2D eigenvalue weighted by Crippen LogP contribution is 2.37. The van der Waals surface area contributed by atoms with E-state index in [-0.39, 0.29) is 195 Å². The topological polar surface area (TPSA) is 443 Å². The van der Waals surface area contributed by atoms with E-state index in [1.54, 1.807) is 19.6 Å². The molecule has 0 aromatic carbocycles. The van der Waals surface area contributed by atoms with Crippen LogP contribution in [0.2, 0.25) is 0 Å². The van der Waals surface area contributed by atoms with Crippen LogP contribution in [0.25, 0.3) is 0 Å². The SMILES string of the molecule is O=C(CCCCC1SCC2NC(=O)NC21)NCCCCC(C(=O)O)N1CCN(C(CCCCNC(=O)CCCCC2SCC3NC(=O)NC32)C(=O)O)CCN(C(CCCCNC(=O)CCCCC2SCC3NC(=O)NC32)C(=O)O)CCN(C(CCCCNC(=O)CCCCC2SCC3NC(=O)NC32)C(=O)O)CC1. The predicted octanol–water partition coefficient (Wildman–Crippen LogP) is 3.07. The molecular weight excluding hydrogens is 1470 g/mol. The fourth-order valence-corrected chi connectivity index (χ4v) is 23.0. The number of carboxylic acid groups (broad SMARTS) is 4. The van der Waals surface area contributed by atoms with Gasteiger partial charge in [0.05, 0.1) is 48.3 Å². The van der Waals surface area contributed by atoms with Crippen LogP contribution < -0.4 is 63.8 Å². The first-order valence-corrected chi connectivity index (χ1v) is 44.1. The Morgan fingerprint density at radius 3 is 0.704 bits per heavy atom. The summed E-state index contributed by atoms with van der Waals surface area (Å²) in [4.78, 5) is 161. The van der Waals surface area contributed by atoms with Crippen LogP contribution in [0.1, 0.15) is 180 Å². The maximum absolute atomic E-state index is 13.6. The molecule has 0 radical (unpaired) electrons. The van der Waals surface area contributed by atoms with Gasteiger partial charge in [-0.3, -0.25) is 58.0 Å². The second-order valence-corrected chi connectivity index (χ2v) is 35.5. The molecule has 9 heterocycles. The highest BCUT2D eigenvalue weighted by Gasteiger charge is 2.46. The number of unbranched alkanes of at least 4 members (excludes halogenated alkanes) is 8. The molecule has 32 nitrogen and oxygen atoms in total. The van der Waals surface area contributed by atoms with Crippen LogP contribution in [0, 0.1) is 0 Å². The summed E-state index contributed by atoms with van der Waals surface area (Å²) in [6.45, 7) is 1.69. The van der Waals surface area contributed by atoms with E-state index < -0.39 is 48.0 Å². The van der Waals surface area contributed by atoms with E-state index in [0.29, 0.717) is 129 Å². The molecule has 0 aromatic rings. The quantitative estimate of drug-likeness (QED) is 0.0307. The lowest BCUT2D eigenvalue weighted by molar-refractivity contribution is -0.148. The largest absolute Gasteiger partial charge is 0.480 e. The number of nitrogens with zero attached hydrogens (tertiary/aromatic N) is 4. The van der Waals surface area contributed by atoms with E-state index >= 15 is 0 Å². The number of amides is 12. The van der Waals surface area contributed by atoms with Crippen molar-refractivity contribution in [1.82, 2.24) is 83.4 Å². The molecule has 9 aliphatic rings. The molecule has 608 valence electrons. The Bertz CT molecular complexity index is 2610. The zero-order valence-corrected chi connectivity index (χ0v) is 65.7. The number of fused-ring (bicyclic) bond motifs is 4. The Kier molecular flexibility index (Phi) is 35.8. The Morgan fingerprint density at radius 2 is 0.509 bits per heavy atom. The minimum atomic E-state index is -1.12. The summed E-state index contributed by atoms with van der Waals surface area (Å²) >= 11 is 7.30. The van der Waals surface area contributed by atoms with E-state index in [4.69, 9.17) is 0 Å². The van der Waals surface area contributed by atoms with Crippen LogP contribution in [-0.4, -0.2) is 307 Å². The molecule has 16 atom stereocenters. The molecule has 16 N–H and O–H groups in total. The van der Waals surface area contributed by atoms with E-state index in [9.17, 15) is 78.0 Å². The molecule has 108 heavy (non-hydrogen) atoms. The first-order valence-electron chi connectivity index (χ1n) is 39.9. The third-order valence-corrected chi connectivity index (χ3v) is 28.9. The summed E-state index contributed by atoms with van der Waals surface area (Å²) in [5, 5.41) is 81.3. The van der Waals surface area contributed by atoms with Crippen LogP contribution in [0.3, 0.4) is 0 Å². The van der Waals surface area contributed by atoms with Gasteiger partial charge < -0.3 is 84.2 Å². The summed E-state index contributed by atoms with van der Waals surface area (Å²) in [6, 6.07) is -4.11. The second kappa shape index (κ2) is 44.9. The number of thioether (sulfide) groups is 4. The first-order chi connectivity index (χ1) is 52.2. The number of hydrogen-bond donors (Lipinski definition) is 16. The van der Waals surface area contributed by atoms with E-state index in [1.165, 1.54) is 0 Å². The molecule has 0 aromatic heterocycles. The number of carboxylic acids is 4. The molecule has 0 saturated carbocycles. The lowest BCUT2D eigenvalue weighted by Gasteiger charge is -2.40. The van der Waals surface area contributed by atoms with Crippen molar-refractivity contribution in [3.63, 3.8) is 0 Å². The van der Waals surface area contributed by atoms with Crippen molar-refractivity contribution in [3.05, 3.63) is 0 Å². The van der Waals surface area contributed by atoms with Crippen molar-refractivity contribution in [2.75, 3.05) is 102 Å².